The molecule has 0 spiro atoms. The summed E-state index contributed by atoms with van der Waals surface area (Å²) in [5.74, 6) is 0. The number of nitrogens with zero attached hydrogens (tertiary/aromatic N) is 1. The van der Waals surface area contributed by atoms with Crippen LogP contribution in [0.1, 0.15) is 30.5 Å². The van der Waals surface area contributed by atoms with Crippen molar-refractivity contribution >= 4 is 6.03 Å². The predicted molar refractivity (Wildman–Crippen MR) is 62.0 cm³/mol. The number of carbonyl (C=O) groups is 1. The fourth-order valence-electron chi connectivity index (χ4n) is 1.66. The quantitative estimate of drug-likeness (QED) is 0.813. The van der Waals surface area contributed by atoms with Crippen molar-refractivity contribution in [2.24, 2.45) is 0 Å². The number of hydrogen-bond donors (Lipinski definition) is 2. The molecule has 1 aromatic rings. The molecule has 1 aliphatic carbocycles. The molecular formula is C12H17N3O. The van der Waals surface area contributed by atoms with Crippen molar-refractivity contribution in [1.82, 2.24) is 15.6 Å². The van der Waals surface area contributed by atoms with Gasteiger partial charge >= 0.3 is 6.03 Å². The molecule has 16 heavy (non-hydrogen) atoms. The minimum absolute atomic E-state index is 0.0882. The zero-order valence-corrected chi connectivity index (χ0v) is 9.49. The lowest BCUT2D eigenvalue weighted by atomic mass is 9.93. The first-order valence-corrected chi connectivity index (χ1v) is 5.70. The van der Waals surface area contributed by atoms with Gasteiger partial charge in [-0.2, -0.15) is 0 Å². The first-order chi connectivity index (χ1) is 7.75. The molecule has 0 bridgehead atoms. The Morgan fingerprint density at radius 3 is 3.00 bits per heavy atom. The molecule has 0 aliphatic heterocycles. The Bertz CT molecular complexity index is 374. The maximum absolute atomic E-state index is 11.5. The van der Waals surface area contributed by atoms with E-state index in [9.17, 15) is 4.79 Å². The summed E-state index contributed by atoms with van der Waals surface area (Å²) in [5.41, 5.74) is 2.03. The van der Waals surface area contributed by atoms with E-state index in [1.807, 2.05) is 19.1 Å². The molecular weight excluding hydrogens is 202 g/mol. The highest BCUT2D eigenvalue weighted by atomic mass is 16.2. The number of hydrogen-bond acceptors (Lipinski definition) is 2. The van der Waals surface area contributed by atoms with E-state index in [0.29, 0.717) is 12.6 Å². The maximum Gasteiger partial charge on any atom is 0.315 e. The highest BCUT2D eigenvalue weighted by molar-refractivity contribution is 5.74. The molecule has 0 unspecified atom stereocenters. The van der Waals surface area contributed by atoms with Crippen LogP contribution in [0.15, 0.2) is 18.3 Å². The molecule has 2 amide bonds. The molecule has 4 nitrogen and oxygen atoms in total. The summed E-state index contributed by atoms with van der Waals surface area (Å²) in [6.45, 7) is 2.49. The summed E-state index contributed by atoms with van der Waals surface area (Å²) in [6, 6.07) is 4.18. The average Bonchev–Trinajstić information content (AvgIpc) is 2.22. The topological polar surface area (TPSA) is 54.0 Å². The van der Waals surface area contributed by atoms with Crippen molar-refractivity contribution < 1.29 is 4.79 Å². The Balaban J connectivity index is 1.78. The molecule has 86 valence electrons. The van der Waals surface area contributed by atoms with Crippen LogP contribution in [0.5, 0.6) is 0 Å². The van der Waals surface area contributed by atoms with Crippen LogP contribution in [0.25, 0.3) is 0 Å². The van der Waals surface area contributed by atoms with Gasteiger partial charge in [-0.1, -0.05) is 6.07 Å². The summed E-state index contributed by atoms with van der Waals surface area (Å²) in [7, 11) is 0. The lowest BCUT2D eigenvalue weighted by molar-refractivity contribution is 0.228. The van der Waals surface area contributed by atoms with Crippen LogP contribution in [0, 0.1) is 6.92 Å². The second-order valence-electron chi connectivity index (χ2n) is 4.22. The van der Waals surface area contributed by atoms with Gasteiger partial charge in [0.05, 0.1) is 12.2 Å². The van der Waals surface area contributed by atoms with Gasteiger partial charge in [-0.25, -0.2) is 4.79 Å². The van der Waals surface area contributed by atoms with Crippen LogP contribution >= 0.6 is 0 Å². The van der Waals surface area contributed by atoms with Crippen molar-refractivity contribution in [3.63, 3.8) is 0 Å². The molecule has 1 aliphatic rings. The summed E-state index contributed by atoms with van der Waals surface area (Å²) in [4.78, 5) is 15.7. The van der Waals surface area contributed by atoms with Crippen molar-refractivity contribution in [2.75, 3.05) is 0 Å². The molecule has 1 aromatic heterocycles. The van der Waals surface area contributed by atoms with Crippen LogP contribution in [-0.4, -0.2) is 17.1 Å². The van der Waals surface area contributed by atoms with Gasteiger partial charge in [0.15, 0.2) is 0 Å². The summed E-state index contributed by atoms with van der Waals surface area (Å²) < 4.78 is 0. The normalized spacial score (nSPS) is 15.3. The third-order valence-electron chi connectivity index (χ3n) is 2.97. The smallest absolute Gasteiger partial charge is 0.315 e. The first kappa shape index (κ1) is 10.9. The van der Waals surface area contributed by atoms with Crippen molar-refractivity contribution in [3.05, 3.63) is 29.6 Å². The van der Waals surface area contributed by atoms with E-state index in [0.717, 1.165) is 24.1 Å². The fourth-order valence-corrected chi connectivity index (χ4v) is 1.66. The van der Waals surface area contributed by atoms with Gasteiger partial charge < -0.3 is 10.6 Å². The van der Waals surface area contributed by atoms with Crippen LogP contribution in [-0.2, 0) is 6.54 Å². The summed E-state index contributed by atoms with van der Waals surface area (Å²) >= 11 is 0. The van der Waals surface area contributed by atoms with Gasteiger partial charge in [-0.15, -0.1) is 0 Å². The Hall–Kier alpha value is -1.58. The number of pyridine rings is 1. The average molecular weight is 219 g/mol. The van der Waals surface area contributed by atoms with Gasteiger partial charge in [-0.05, 0) is 37.8 Å². The molecule has 0 aromatic carbocycles. The fraction of sp³-hybridized carbons (Fsp3) is 0.500. The predicted octanol–water partition coefficient (Wildman–Crippen LogP) is 1.74. The molecule has 1 saturated carbocycles. The number of amides is 2. The van der Waals surface area contributed by atoms with Crippen LogP contribution in [0.4, 0.5) is 4.79 Å². The third kappa shape index (κ3) is 2.72. The molecule has 0 saturated heterocycles. The van der Waals surface area contributed by atoms with E-state index < -0.39 is 0 Å². The Kier molecular flexibility index (Phi) is 3.39. The SMILES string of the molecule is Cc1cccnc1CNC(=O)NC1CCC1. The number of carbonyl (C=O) groups excluding carboxylic acids is 1. The summed E-state index contributed by atoms with van der Waals surface area (Å²) in [6.07, 6.45) is 5.18. The van der Waals surface area contributed by atoms with Gasteiger partial charge in [0, 0.05) is 12.2 Å². The van der Waals surface area contributed by atoms with Crippen LogP contribution in [0.2, 0.25) is 0 Å². The van der Waals surface area contributed by atoms with E-state index in [1.165, 1.54) is 6.42 Å². The van der Waals surface area contributed by atoms with Crippen molar-refractivity contribution in [2.45, 2.75) is 38.8 Å². The number of aryl methyl sites for hydroxylation is 1. The van der Waals surface area contributed by atoms with Crippen molar-refractivity contribution in [3.8, 4) is 0 Å². The molecule has 0 radical (unpaired) electrons. The molecule has 1 fully saturated rings. The maximum atomic E-state index is 11.5. The minimum atomic E-state index is -0.0882. The summed E-state index contributed by atoms with van der Waals surface area (Å²) in [5, 5.41) is 5.75. The Morgan fingerprint density at radius 2 is 2.38 bits per heavy atom. The standard InChI is InChI=1S/C12H17N3O/c1-9-4-3-7-13-11(9)8-14-12(16)15-10-5-2-6-10/h3-4,7,10H,2,5-6,8H2,1H3,(H2,14,15,16). The third-order valence-corrected chi connectivity index (χ3v) is 2.97. The van der Waals surface area contributed by atoms with E-state index in [1.54, 1.807) is 6.20 Å². The van der Waals surface area contributed by atoms with Crippen LogP contribution in [0.3, 0.4) is 0 Å². The van der Waals surface area contributed by atoms with Gasteiger partial charge in [0.1, 0.15) is 0 Å². The van der Waals surface area contributed by atoms with E-state index in [4.69, 9.17) is 0 Å². The lowest BCUT2D eigenvalue weighted by Crippen LogP contribution is -2.45. The molecule has 2 N–H and O–H groups in total. The zero-order chi connectivity index (χ0) is 11.4. The number of rotatable bonds is 3. The van der Waals surface area contributed by atoms with Gasteiger partial charge in [-0.3, -0.25) is 4.98 Å². The number of nitrogens with one attached hydrogen (secondary N) is 2. The number of aromatic nitrogens is 1. The Labute approximate surface area is 95.5 Å². The molecule has 4 heteroatoms. The van der Waals surface area contributed by atoms with Gasteiger partial charge in [0.25, 0.3) is 0 Å². The molecule has 2 rings (SSSR count). The van der Waals surface area contributed by atoms with Crippen molar-refractivity contribution in [1.29, 1.82) is 0 Å². The molecule has 0 atom stereocenters. The molecule has 1 heterocycles. The monoisotopic (exact) mass is 219 g/mol. The largest absolute Gasteiger partial charge is 0.335 e. The highest BCUT2D eigenvalue weighted by Gasteiger charge is 2.18. The van der Waals surface area contributed by atoms with E-state index in [2.05, 4.69) is 15.6 Å². The second kappa shape index (κ2) is 4.96. The van der Waals surface area contributed by atoms with Crippen LogP contribution < -0.4 is 10.6 Å². The van der Waals surface area contributed by atoms with E-state index in [-0.39, 0.29) is 6.03 Å². The highest BCUT2D eigenvalue weighted by Crippen LogP contribution is 2.17. The van der Waals surface area contributed by atoms with Gasteiger partial charge in [0.2, 0.25) is 0 Å². The Morgan fingerprint density at radius 1 is 1.56 bits per heavy atom. The van der Waals surface area contributed by atoms with E-state index >= 15 is 0 Å². The zero-order valence-electron chi connectivity index (χ0n) is 9.49. The second-order valence-corrected chi connectivity index (χ2v) is 4.22. The number of urea groups is 1. The minimum Gasteiger partial charge on any atom is -0.335 e. The first-order valence-electron chi connectivity index (χ1n) is 5.70. The lowest BCUT2D eigenvalue weighted by Gasteiger charge is -2.26.